The number of phenols is 1. The molecule has 0 aliphatic carbocycles. The van der Waals surface area contributed by atoms with Crippen LogP contribution in [0, 0.1) is 5.92 Å². The Labute approximate surface area is 134 Å². The van der Waals surface area contributed by atoms with Crippen LogP contribution in [0.5, 0.6) is 5.75 Å². The third-order valence-electron chi connectivity index (χ3n) is 3.73. The molecule has 1 aromatic carbocycles. The zero-order valence-corrected chi connectivity index (χ0v) is 14.3. The second-order valence-corrected chi connectivity index (χ2v) is 6.98. The first-order chi connectivity index (χ1) is 9.50. The van der Waals surface area contributed by atoms with Crippen LogP contribution in [0.15, 0.2) is 16.6 Å². The average Bonchev–Trinajstić information content (AvgIpc) is 2.43. The number of hydrogen-bond donors (Lipinski definition) is 2. The van der Waals surface area contributed by atoms with Crippen LogP contribution in [-0.2, 0) is 0 Å². The van der Waals surface area contributed by atoms with Gasteiger partial charge in [0.05, 0.1) is 5.02 Å². The molecule has 3 nitrogen and oxygen atoms in total. The molecule has 0 bridgehead atoms. The second-order valence-electron chi connectivity index (χ2n) is 5.72. The first-order valence-corrected chi connectivity index (χ1v) is 8.29. The number of phenolic OH excluding ortho intramolecular Hbond substituents is 1. The highest BCUT2D eigenvalue weighted by molar-refractivity contribution is 9.10. The van der Waals surface area contributed by atoms with Gasteiger partial charge in [-0.25, -0.2) is 0 Å². The summed E-state index contributed by atoms with van der Waals surface area (Å²) in [6.45, 7) is 8.40. The van der Waals surface area contributed by atoms with Gasteiger partial charge < -0.3 is 10.4 Å². The molecule has 112 valence electrons. The van der Waals surface area contributed by atoms with E-state index in [0.29, 0.717) is 10.9 Å². The molecule has 1 aromatic rings. The Hall–Kier alpha value is -0.290. The van der Waals surface area contributed by atoms with Gasteiger partial charge in [-0.3, -0.25) is 4.90 Å². The first kappa shape index (κ1) is 16.1. The molecule has 20 heavy (non-hydrogen) atoms. The fourth-order valence-electron chi connectivity index (χ4n) is 2.76. The summed E-state index contributed by atoms with van der Waals surface area (Å²) in [5.41, 5.74) is 0.924. The molecule has 1 fully saturated rings. The number of aromatic hydroxyl groups is 1. The highest BCUT2D eigenvalue weighted by Gasteiger charge is 2.27. The minimum Gasteiger partial charge on any atom is -0.506 e. The summed E-state index contributed by atoms with van der Waals surface area (Å²) in [6, 6.07) is 3.85. The SMILES string of the molecule is CC(C)C[C@H](c1c(Br)ccc(Cl)c1O)N1CCNCC1. The third-order valence-corrected chi connectivity index (χ3v) is 4.73. The molecule has 1 heterocycles. The van der Waals surface area contributed by atoms with E-state index >= 15 is 0 Å². The van der Waals surface area contributed by atoms with Gasteiger partial charge in [-0.05, 0) is 24.5 Å². The number of nitrogens with zero attached hydrogens (tertiary/aromatic N) is 1. The Morgan fingerprint density at radius 1 is 1.35 bits per heavy atom. The molecule has 0 unspecified atom stereocenters. The average molecular weight is 362 g/mol. The number of halogens is 2. The zero-order valence-electron chi connectivity index (χ0n) is 12.0. The minimum atomic E-state index is 0.199. The molecule has 1 atom stereocenters. The van der Waals surface area contributed by atoms with Gasteiger partial charge in [0.25, 0.3) is 0 Å². The van der Waals surface area contributed by atoms with E-state index in [1.54, 1.807) is 6.07 Å². The Bertz CT molecular complexity index is 461. The summed E-state index contributed by atoms with van der Waals surface area (Å²) in [5.74, 6) is 0.769. The lowest BCUT2D eigenvalue weighted by Gasteiger charge is -2.37. The summed E-state index contributed by atoms with van der Waals surface area (Å²) in [4.78, 5) is 2.44. The summed E-state index contributed by atoms with van der Waals surface area (Å²) >= 11 is 9.68. The Morgan fingerprint density at radius 2 is 2.00 bits per heavy atom. The van der Waals surface area contributed by atoms with Crippen LogP contribution >= 0.6 is 27.5 Å². The van der Waals surface area contributed by atoms with Crippen LogP contribution in [-0.4, -0.2) is 36.2 Å². The van der Waals surface area contributed by atoms with E-state index in [0.717, 1.165) is 42.6 Å². The molecule has 2 N–H and O–H groups in total. The van der Waals surface area contributed by atoms with Gasteiger partial charge >= 0.3 is 0 Å². The molecule has 1 aliphatic heterocycles. The van der Waals surface area contributed by atoms with Crippen molar-refractivity contribution in [2.75, 3.05) is 26.2 Å². The van der Waals surface area contributed by atoms with Crippen molar-refractivity contribution in [1.82, 2.24) is 10.2 Å². The van der Waals surface area contributed by atoms with E-state index in [4.69, 9.17) is 11.6 Å². The smallest absolute Gasteiger partial charge is 0.140 e. The third kappa shape index (κ3) is 3.67. The molecule has 0 spiro atoms. The van der Waals surface area contributed by atoms with Gasteiger partial charge in [-0.1, -0.05) is 41.4 Å². The Kier molecular flexibility index (Phi) is 5.73. The number of hydrogen-bond acceptors (Lipinski definition) is 3. The van der Waals surface area contributed by atoms with Gasteiger partial charge in [0.2, 0.25) is 0 Å². The maximum atomic E-state index is 10.4. The highest BCUT2D eigenvalue weighted by Crippen LogP contribution is 2.42. The lowest BCUT2D eigenvalue weighted by atomic mass is 9.94. The van der Waals surface area contributed by atoms with Crippen LogP contribution in [0.25, 0.3) is 0 Å². The number of benzene rings is 1. The van der Waals surface area contributed by atoms with Gasteiger partial charge in [-0.2, -0.15) is 0 Å². The largest absolute Gasteiger partial charge is 0.506 e. The van der Waals surface area contributed by atoms with Gasteiger partial charge in [0, 0.05) is 42.3 Å². The molecular formula is C15H22BrClN2O. The topological polar surface area (TPSA) is 35.5 Å². The van der Waals surface area contributed by atoms with E-state index in [2.05, 4.69) is 40.0 Å². The predicted molar refractivity (Wildman–Crippen MR) is 87.5 cm³/mol. The number of nitrogens with one attached hydrogen (secondary N) is 1. The Balaban J connectivity index is 2.37. The summed E-state index contributed by atoms with van der Waals surface area (Å²) in [5, 5.41) is 14.2. The van der Waals surface area contributed by atoms with Crippen molar-refractivity contribution in [3.05, 3.63) is 27.2 Å². The summed E-state index contributed by atoms with van der Waals surface area (Å²) < 4.78 is 0.934. The van der Waals surface area contributed by atoms with Crippen LogP contribution in [0.4, 0.5) is 0 Å². The van der Waals surface area contributed by atoms with E-state index in [-0.39, 0.29) is 11.8 Å². The number of rotatable bonds is 4. The molecule has 0 radical (unpaired) electrons. The monoisotopic (exact) mass is 360 g/mol. The number of piperazine rings is 1. The predicted octanol–water partition coefficient (Wildman–Crippen LogP) is 3.80. The molecule has 0 amide bonds. The maximum absolute atomic E-state index is 10.4. The first-order valence-electron chi connectivity index (χ1n) is 7.12. The highest BCUT2D eigenvalue weighted by atomic mass is 79.9. The quantitative estimate of drug-likeness (QED) is 0.856. The Morgan fingerprint density at radius 3 is 2.60 bits per heavy atom. The van der Waals surface area contributed by atoms with Crippen LogP contribution < -0.4 is 5.32 Å². The lowest BCUT2D eigenvalue weighted by Crippen LogP contribution is -2.45. The van der Waals surface area contributed by atoms with Gasteiger partial charge in [0.15, 0.2) is 0 Å². The fraction of sp³-hybridized carbons (Fsp3) is 0.600. The van der Waals surface area contributed by atoms with E-state index in [1.807, 2.05) is 6.07 Å². The molecule has 0 saturated carbocycles. The molecular weight excluding hydrogens is 340 g/mol. The van der Waals surface area contributed by atoms with Crippen molar-refractivity contribution in [2.45, 2.75) is 26.3 Å². The summed E-state index contributed by atoms with van der Waals surface area (Å²) in [7, 11) is 0. The van der Waals surface area contributed by atoms with Crippen molar-refractivity contribution in [1.29, 1.82) is 0 Å². The van der Waals surface area contributed by atoms with Crippen molar-refractivity contribution in [3.63, 3.8) is 0 Å². The zero-order chi connectivity index (χ0) is 14.7. The van der Waals surface area contributed by atoms with Crippen molar-refractivity contribution in [2.24, 2.45) is 5.92 Å². The van der Waals surface area contributed by atoms with E-state index in [1.165, 1.54) is 0 Å². The molecule has 0 aromatic heterocycles. The standard InChI is InChI=1S/C15H22BrClN2O/c1-10(2)9-13(19-7-5-18-6-8-19)14-11(16)3-4-12(17)15(14)20/h3-4,10,13,18,20H,5-9H2,1-2H3/t13-/m1/s1. The molecule has 2 rings (SSSR count). The normalized spacial score (nSPS) is 18.4. The van der Waals surface area contributed by atoms with Crippen LogP contribution in [0.2, 0.25) is 5.02 Å². The second kappa shape index (κ2) is 7.12. The van der Waals surface area contributed by atoms with Gasteiger partial charge in [0.1, 0.15) is 5.75 Å². The lowest BCUT2D eigenvalue weighted by molar-refractivity contribution is 0.151. The van der Waals surface area contributed by atoms with Gasteiger partial charge in [-0.15, -0.1) is 0 Å². The van der Waals surface area contributed by atoms with Crippen LogP contribution in [0.1, 0.15) is 31.9 Å². The van der Waals surface area contributed by atoms with Crippen LogP contribution in [0.3, 0.4) is 0 Å². The molecule has 1 saturated heterocycles. The fourth-order valence-corrected chi connectivity index (χ4v) is 3.51. The van der Waals surface area contributed by atoms with Crippen molar-refractivity contribution in [3.8, 4) is 5.75 Å². The summed E-state index contributed by atoms with van der Waals surface area (Å²) in [6.07, 6.45) is 1.01. The van der Waals surface area contributed by atoms with Crippen molar-refractivity contribution < 1.29 is 5.11 Å². The molecule has 1 aliphatic rings. The minimum absolute atomic E-state index is 0.199. The maximum Gasteiger partial charge on any atom is 0.140 e. The van der Waals surface area contributed by atoms with Crippen molar-refractivity contribution >= 4 is 27.5 Å². The van der Waals surface area contributed by atoms with E-state index < -0.39 is 0 Å². The molecule has 5 heteroatoms. The van der Waals surface area contributed by atoms with E-state index in [9.17, 15) is 5.11 Å².